The molecule has 0 aliphatic carbocycles. The molecule has 52 heavy (non-hydrogen) atoms. The maximum atomic E-state index is 10.7. The summed E-state index contributed by atoms with van der Waals surface area (Å²) in [7, 11) is 0. The zero-order valence-corrected chi connectivity index (χ0v) is 30.4. The van der Waals surface area contributed by atoms with E-state index >= 15 is 0 Å². The number of nitrogens with one attached hydrogen (secondary N) is 1. The van der Waals surface area contributed by atoms with Gasteiger partial charge in [-0.3, -0.25) is 19.7 Å². The molecule has 9 nitrogen and oxygen atoms in total. The Morgan fingerprint density at radius 1 is 0.769 bits per heavy atom. The molecule has 0 atom stereocenters. The molecule has 0 radical (unpaired) electrons. The topological polar surface area (TPSA) is 102 Å². The average molecular weight is 784 g/mol. The van der Waals surface area contributed by atoms with Crippen LogP contribution in [0.25, 0.3) is 44.3 Å². The fraction of sp³-hybridized carbons (Fsp3) is 0.359. The van der Waals surface area contributed by atoms with Gasteiger partial charge in [0.1, 0.15) is 5.01 Å². The molecule has 278 valence electrons. The van der Waals surface area contributed by atoms with E-state index in [0.29, 0.717) is 10.0 Å². The van der Waals surface area contributed by atoms with Crippen molar-refractivity contribution in [1.82, 2.24) is 30.2 Å². The number of hydrogen-bond acceptors (Lipinski definition) is 11. The van der Waals surface area contributed by atoms with Crippen LogP contribution in [-0.2, 0) is 16.0 Å². The number of pyridine rings is 2. The van der Waals surface area contributed by atoms with Crippen LogP contribution >= 0.6 is 45.9 Å². The molecule has 2 aromatic carbocycles. The highest BCUT2D eigenvalue weighted by Crippen LogP contribution is 2.33. The standard InChI is InChI=1S/C18H18ClN3OS.C14H9ClN2OS.C4H9NO.3CH4/c1-12-8-14-15(19)2-3-20-16(14)9-13(12)17-11-24-18(21-17)10-22-4-6-23-7-5-22;1-8-4-10-11(15)2-3-16-12(10)5-9(8)13-7-19-14(6-18)17-13;1-3-6-4-2-5-1;;;/h2-3,8-9,11H,4-7,10H2,1H3;2-7H,1H3;5H,1-4H2;3*1H4. The predicted molar refractivity (Wildman–Crippen MR) is 221 cm³/mol. The SMILES string of the molecule is C.C.C.C1COCCN1.Cc1cc2c(Cl)ccnc2cc1-c1csc(C=O)n1.Cc1cc2c(Cl)ccnc2cc1-c1csc(CN2CCOCC2)n1. The number of hydrogen-bond donors (Lipinski definition) is 1. The summed E-state index contributed by atoms with van der Waals surface area (Å²) in [5, 5.41) is 12.1. The lowest BCUT2D eigenvalue weighted by molar-refractivity contribution is 0.0342. The first-order chi connectivity index (χ1) is 23.9. The molecule has 2 fully saturated rings. The minimum atomic E-state index is 0. The van der Waals surface area contributed by atoms with E-state index in [0.717, 1.165) is 125 Å². The summed E-state index contributed by atoms with van der Waals surface area (Å²) in [4.78, 5) is 31.0. The molecule has 0 spiro atoms. The molecule has 13 heteroatoms. The molecule has 2 aliphatic heterocycles. The van der Waals surface area contributed by atoms with Gasteiger partial charge in [0, 0.05) is 71.2 Å². The summed E-state index contributed by atoms with van der Waals surface area (Å²) < 4.78 is 10.4. The van der Waals surface area contributed by atoms with Crippen molar-refractivity contribution in [2.75, 3.05) is 52.6 Å². The van der Waals surface area contributed by atoms with Crippen molar-refractivity contribution >= 4 is 74.0 Å². The second-order valence-corrected chi connectivity index (χ2v) is 14.2. The summed E-state index contributed by atoms with van der Waals surface area (Å²) >= 11 is 15.5. The monoisotopic (exact) mass is 782 g/mol. The third kappa shape index (κ3) is 10.8. The highest BCUT2D eigenvalue weighted by atomic mass is 35.5. The van der Waals surface area contributed by atoms with Crippen molar-refractivity contribution < 1.29 is 14.3 Å². The van der Waals surface area contributed by atoms with Crippen molar-refractivity contribution in [3.63, 3.8) is 0 Å². The van der Waals surface area contributed by atoms with E-state index in [4.69, 9.17) is 37.7 Å². The molecule has 1 N–H and O–H groups in total. The molecule has 6 aromatic rings. The Labute approximate surface area is 325 Å². The first-order valence-corrected chi connectivity index (χ1v) is 18.5. The maximum absolute atomic E-state index is 10.7. The van der Waals surface area contributed by atoms with Gasteiger partial charge in [0.2, 0.25) is 0 Å². The van der Waals surface area contributed by atoms with E-state index in [9.17, 15) is 4.79 Å². The maximum Gasteiger partial charge on any atom is 0.178 e. The van der Waals surface area contributed by atoms with E-state index in [1.807, 2.05) is 30.5 Å². The third-order valence-corrected chi connectivity index (χ3v) is 10.4. The largest absolute Gasteiger partial charge is 0.379 e. The van der Waals surface area contributed by atoms with Crippen LogP contribution in [0.1, 0.15) is 48.2 Å². The van der Waals surface area contributed by atoms with Gasteiger partial charge in [0.25, 0.3) is 0 Å². The molecule has 8 rings (SSSR count). The van der Waals surface area contributed by atoms with E-state index in [2.05, 4.69) is 49.6 Å². The number of aldehydes is 1. The van der Waals surface area contributed by atoms with Gasteiger partial charge in [0.15, 0.2) is 11.3 Å². The van der Waals surface area contributed by atoms with E-state index in [1.54, 1.807) is 29.8 Å². The summed E-state index contributed by atoms with van der Waals surface area (Å²) in [5.41, 5.74) is 7.89. The number of halogens is 2. The number of nitrogens with zero attached hydrogens (tertiary/aromatic N) is 5. The van der Waals surface area contributed by atoms with Gasteiger partial charge >= 0.3 is 0 Å². The number of thiazole rings is 2. The number of benzene rings is 2. The molecular weight excluding hydrogens is 736 g/mol. The number of fused-ring (bicyclic) bond motifs is 2. The van der Waals surface area contributed by atoms with E-state index in [-0.39, 0.29) is 22.3 Å². The average Bonchev–Trinajstić information content (AvgIpc) is 3.81. The Balaban J connectivity index is 0.000000234. The zero-order valence-electron chi connectivity index (χ0n) is 27.2. The van der Waals surface area contributed by atoms with Gasteiger partial charge in [-0.05, 0) is 61.4 Å². The zero-order chi connectivity index (χ0) is 34.2. The highest BCUT2D eigenvalue weighted by Gasteiger charge is 2.15. The number of carbonyl (C=O) groups is 1. The Bertz CT molecular complexity index is 2030. The molecular formula is C39H48Cl2N6O3S2. The van der Waals surface area contributed by atoms with Gasteiger partial charge in [-0.2, -0.15) is 0 Å². The summed E-state index contributed by atoms with van der Waals surface area (Å²) in [6.07, 6.45) is 4.19. The Morgan fingerprint density at radius 3 is 1.77 bits per heavy atom. The van der Waals surface area contributed by atoms with E-state index in [1.165, 1.54) is 16.9 Å². The first-order valence-electron chi connectivity index (χ1n) is 15.9. The van der Waals surface area contributed by atoms with Gasteiger partial charge in [-0.15, -0.1) is 22.7 Å². The van der Waals surface area contributed by atoms with Crippen LogP contribution in [0, 0.1) is 13.8 Å². The summed E-state index contributed by atoms with van der Waals surface area (Å²) in [6, 6.07) is 11.7. The summed E-state index contributed by atoms with van der Waals surface area (Å²) in [6.45, 7) is 12.4. The number of aromatic nitrogens is 4. The van der Waals surface area contributed by atoms with Crippen LogP contribution in [0.5, 0.6) is 0 Å². The van der Waals surface area contributed by atoms with Gasteiger partial charge in [-0.25, -0.2) is 9.97 Å². The third-order valence-electron chi connectivity index (χ3n) is 8.10. The Hall–Kier alpha value is -3.39. The molecule has 4 aromatic heterocycles. The summed E-state index contributed by atoms with van der Waals surface area (Å²) in [5.74, 6) is 0. The minimum absolute atomic E-state index is 0. The Morgan fingerprint density at radius 2 is 1.29 bits per heavy atom. The van der Waals surface area contributed by atoms with Crippen molar-refractivity contribution in [2.24, 2.45) is 0 Å². The lowest BCUT2D eigenvalue weighted by atomic mass is 10.0. The van der Waals surface area contributed by atoms with Crippen LogP contribution in [0.15, 0.2) is 59.6 Å². The number of carbonyl (C=O) groups excluding carboxylic acids is 1. The van der Waals surface area contributed by atoms with Crippen LogP contribution in [-0.4, -0.2) is 83.7 Å². The normalized spacial score (nSPS) is 14.1. The van der Waals surface area contributed by atoms with Crippen LogP contribution in [0.4, 0.5) is 0 Å². The van der Waals surface area contributed by atoms with Crippen LogP contribution in [0.2, 0.25) is 10.0 Å². The number of morpholine rings is 2. The number of rotatable bonds is 5. The van der Waals surface area contributed by atoms with Crippen molar-refractivity contribution in [2.45, 2.75) is 42.7 Å². The van der Waals surface area contributed by atoms with Crippen molar-refractivity contribution in [3.05, 3.63) is 90.7 Å². The number of aryl methyl sites for hydroxylation is 2. The quantitative estimate of drug-likeness (QED) is 0.171. The van der Waals surface area contributed by atoms with E-state index < -0.39 is 0 Å². The lowest BCUT2D eigenvalue weighted by Gasteiger charge is -2.25. The molecule has 6 heterocycles. The molecule has 0 bridgehead atoms. The van der Waals surface area contributed by atoms with Gasteiger partial charge < -0.3 is 14.8 Å². The number of ether oxygens (including phenoxy) is 2. The molecule has 0 amide bonds. The minimum Gasteiger partial charge on any atom is -0.379 e. The molecule has 2 aliphatic rings. The van der Waals surface area contributed by atoms with Crippen molar-refractivity contribution in [3.8, 4) is 22.5 Å². The smallest absolute Gasteiger partial charge is 0.178 e. The van der Waals surface area contributed by atoms with Gasteiger partial charge in [-0.1, -0.05) is 45.5 Å². The lowest BCUT2D eigenvalue weighted by Crippen LogP contribution is -2.35. The fourth-order valence-electron chi connectivity index (χ4n) is 5.53. The highest BCUT2D eigenvalue weighted by molar-refractivity contribution is 7.11. The first kappa shape index (κ1) is 43.0. The molecule has 0 saturated carbocycles. The van der Waals surface area contributed by atoms with Gasteiger partial charge in [0.05, 0.1) is 65.4 Å². The van der Waals surface area contributed by atoms with Crippen LogP contribution < -0.4 is 5.32 Å². The second kappa shape index (κ2) is 20.7. The van der Waals surface area contributed by atoms with Crippen molar-refractivity contribution in [1.29, 1.82) is 0 Å². The molecule has 0 unspecified atom stereocenters. The second-order valence-electron chi connectivity index (χ2n) is 11.5. The molecule has 2 saturated heterocycles. The predicted octanol–water partition coefficient (Wildman–Crippen LogP) is 9.80. The fourth-order valence-corrected chi connectivity index (χ4v) is 7.40. The van der Waals surface area contributed by atoms with Crippen LogP contribution in [0.3, 0.4) is 0 Å². The Kier molecular flexibility index (Phi) is 17.2.